The number of carbonyl (C=O) groups excluding carboxylic acids is 2. The second-order valence-electron chi connectivity index (χ2n) is 4.93. The average Bonchev–Trinajstić information content (AvgIpc) is 2.88. The number of ether oxygens (including phenoxy) is 2. The summed E-state index contributed by atoms with van der Waals surface area (Å²) in [6, 6.07) is 0. The third-order valence-corrected chi connectivity index (χ3v) is 4.51. The maximum Gasteiger partial charge on any atom is 0.409 e. The molecule has 0 spiro atoms. The van der Waals surface area contributed by atoms with Crippen LogP contribution < -0.4 is 0 Å². The number of amides is 2. The van der Waals surface area contributed by atoms with Gasteiger partial charge in [0.2, 0.25) is 0 Å². The summed E-state index contributed by atoms with van der Waals surface area (Å²) in [4.78, 5) is 32.6. The van der Waals surface area contributed by atoms with Crippen LogP contribution in [0, 0.1) is 6.92 Å². The van der Waals surface area contributed by atoms with Crippen LogP contribution in [0.5, 0.6) is 0 Å². The van der Waals surface area contributed by atoms with E-state index in [2.05, 4.69) is 4.98 Å². The van der Waals surface area contributed by atoms with Crippen molar-refractivity contribution in [2.24, 2.45) is 0 Å². The molecular weight excluding hydrogens is 306 g/mol. The molecule has 0 unspecified atom stereocenters. The molecule has 1 fully saturated rings. The SMILES string of the molecule is CCOC(=O)N1CCN(C(=O)c2sc(COC)nc2C)CC1. The lowest BCUT2D eigenvalue weighted by Gasteiger charge is -2.33. The molecule has 1 aliphatic rings. The topological polar surface area (TPSA) is 72.0 Å². The van der Waals surface area contributed by atoms with Gasteiger partial charge in [0.15, 0.2) is 0 Å². The number of thiazole rings is 1. The van der Waals surface area contributed by atoms with Gasteiger partial charge in [-0.2, -0.15) is 0 Å². The lowest BCUT2D eigenvalue weighted by Crippen LogP contribution is -2.50. The fraction of sp³-hybridized carbons (Fsp3) is 0.643. The van der Waals surface area contributed by atoms with E-state index in [1.54, 1.807) is 23.8 Å². The van der Waals surface area contributed by atoms with Crippen molar-refractivity contribution in [2.75, 3.05) is 39.9 Å². The zero-order chi connectivity index (χ0) is 16.1. The van der Waals surface area contributed by atoms with Crippen LogP contribution >= 0.6 is 11.3 Å². The molecule has 0 atom stereocenters. The van der Waals surface area contributed by atoms with Gasteiger partial charge in [-0.1, -0.05) is 0 Å². The Labute approximate surface area is 133 Å². The summed E-state index contributed by atoms with van der Waals surface area (Å²) in [5, 5.41) is 0.800. The fourth-order valence-electron chi connectivity index (χ4n) is 2.29. The van der Waals surface area contributed by atoms with Crippen molar-refractivity contribution in [2.45, 2.75) is 20.5 Å². The molecule has 2 rings (SSSR count). The highest BCUT2D eigenvalue weighted by Gasteiger charge is 2.27. The molecule has 0 bridgehead atoms. The number of hydrogen-bond donors (Lipinski definition) is 0. The van der Waals surface area contributed by atoms with Crippen LogP contribution in [0.1, 0.15) is 27.3 Å². The first-order chi connectivity index (χ1) is 10.6. The van der Waals surface area contributed by atoms with Crippen molar-refractivity contribution >= 4 is 23.3 Å². The maximum absolute atomic E-state index is 12.6. The third-order valence-electron chi connectivity index (χ3n) is 3.40. The predicted molar refractivity (Wildman–Crippen MR) is 82.1 cm³/mol. The smallest absolute Gasteiger partial charge is 0.409 e. The first-order valence-corrected chi connectivity index (χ1v) is 8.04. The zero-order valence-electron chi connectivity index (χ0n) is 13.1. The van der Waals surface area contributed by atoms with Gasteiger partial charge >= 0.3 is 6.09 Å². The van der Waals surface area contributed by atoms with Gasteiger partial charge in [-0.05, 0) is 13.8 Å². The number of aryl methyl sites for hydroxylation is 1. The molecule has 1 aromatic heterocycles. The highest BCUT2D eigenvalue weighted by atomic mass is 32.1. The Bertz CT molecular complexity index is 538. The fourth-order valence-corrected chi connectivity index (χ4v) is 3.29. The molecule has 122 valence electrons. The van der Waals surface area contributed by atoms with Gasteiger partial charge in [0.1, 0.15) is 9.88 Å². The number of aromatic nitrogens is 1. The van der Waals surface area contributed by atoms with E-state index in [0.29, 0.717) is 44.3 Å². The highest BCUT2D eigenvalue weighted by Crippen LogP contribution is 2.21. The lowest BCUT2D eigenvalue weighted by atomic mass is 10.3. The molecule has 0 N–H and O–H groups in total. The Morgan fingerprint density at radius 3 is 2.45 bits per heavy atom. The van der Waals surface area contributed by atoms with Crippen LogP contribution in [0.15, 0.2) is 0 Å². The Morgan fingerprint density at radius 1 is 1.23 bits per heavy atom. The molecule has 2 heterocycles. The van der Waals surface area contributed by atoms with E-state index >= 15 is 0 Å². The van der Waals surface area contributed by atoms with Gasteiger partial charge in [-0.15, -0.1) is 11.3 Å². The summed E-state index contributed by atoms with van der Waals surface area (Å²) >= 11 is 1.37. The van der Waals surface area contributed by atoms with Crippen molar-refractivity contribution < 1.29 is 19.1 Å². The van der Waals surface area contributed by atoms with Crippen LogP contribution in [-0.2, 0) is 16.1 Å². The minimum atomic E-state index is -0.314. The Morgan fingerprint density at radius 2 is 1.86 bits per heavy atom. The number of hydrogen-bond acceptors (Lipinski definition) is 6. The van der Waals surface area contributed by atoms with Gasteiger partial charge in [0.05, 0.1) is 18.9 Å². The standard InChI is InChI=1S/C14H21N3O4S/c1-4-21-14(19)17-7-5-16(6-8-17)13(18)12-10(2)15-11(22-12)9-20-3/h4-9H2,1-3H3. The quantitative estimate of drug-likeness (QED) is 0.838. The summed E-state index contributed by atoms with van der Waals surface area (Å²) in [6.45, 7) is 6.39. The molecule has 1 aliphatic heterocycles. The molecule has 8 heteroatoms. The molecular formula is C14H21N3O4S. The second-order valence-corrected chi connectivity index (χ2v) is 6.02. The average molecular weight is 327 g/mol. The maximum atomic E-state index is 12.6. The number of carbonyl (C=O) groups is 2. The molecule has 0 aliphatic carbocycles. The summed E-state index contributed by atoms with van der Waals surface area (Å²) < 4.78 is 10.0. The van der Waals surface area contributed by atoms with Gasteiger partial charge in [-0.3, -0.25) is 4.79 Å². The van der Waals surface area contributed by atoms with Crippen molar-refractivity contribution in [3.63, 3.8) is 0 Å². The third kappa shape index (κ3) is 3.75. The summed E-state index contributed by atoms with van der Waals surface area (Å²) in [5.74, 6) is -0.0270. The van der Waals surface area contributed by atoms with E-state index in [4.69, 9.17) is 9.47 Å². The summed E-state index contributed by atoms with van der Waals surface area (Å²) in [6.07, 6.45) is -0.314. The van der Waals surface area contributed by atoms with Crippen molar-refractivity contribution in [1.82, 2.24) is 14.8 Å². The van der Waals surface area contributed by atoms with Crippen molar-refractivity contribution in [3.05, 3.63) is 15.6 Å². The van der Waals surface area contributed by atoms with E-state index in [-0.39, 0.29) is 12.0 Å². The number of rotatable bonds is 4. The lowest BCUT2D eigenvalue weighted by molar-refractivity contribution is 0.0573. The van der Waals surface area contributed by atoms with Gasteiger partial charge < -0.3 is 19.3 Å². The minimum Gasteiger partial charge on any atom is -0.450 e. The molecule has 0 saturated carbocycles. The molecule has 22 heavy (non-hydrogen) atoms. The summed E-state index contributed by atoms with van der Waals surface area (Å²) in [5.41, 5.74) is 0.731. The minimum absolute atomic E-state index is 0.0270. The van der Waals surface area contributed by atoms with Crippen LogP contribution in [0.4, 0.5) is 4.79 Å². The monoisotopic (exact) mass is 327 g/mol. The Hall–Kier alpha value is -1.67. The van der Waals surface area contributed by atoms with Crippen LogP contribution in [0.3, 0.4) is 0 Å². The van der Waals surface area contributed by atoms with Crippen molar-refractivity contribution in [3.8, 4) is 0 Å². The molecule has 1 aromatic rings. The van der Waals surface area contributed by atoms with E-state index in [0.717, 1.165) is 10.7 Å². The first-order valence-electron chi connectivity index (χ1n) is 7.23. The van der Waals surface area contributed by atoms with E-state index < -0.39 is 0 Å². The Balaban J connectivity index is 1.96. The van der Waals surface area contributed by atoms with E-state index in [1.807, 2.05) is 6.92 Å². The summed E-state index contributed by atoms with van der Waals surface area (Å²) in [7, 11) is 1.60. The zero-order valence-corrected chi connectivity index (χ0v) is 13.9. The number of piperazine rings is 1. The number of nitrogens with zero attached hydrogens (tertiary/aromatic N) is 3. The second kappa shape index (κ2) is 7.55. The van der Waals surface area contributed by atoms with Crippen LogP contribution in [0.25, 0.3) is 0 Å². The molecule has 2 amide bonds. The molecule has 0 radical (unpaired) electrons. The molecule has 1 saturated heterocycles. The van der Waals surface area contributed by atoms with Gasteiger partial charge in [-0.25, -0.2) is 9.78 Å². The number of methoxy groups -OCH3 is 1. The normalized spacial score (nSPS) is 15.0. The Kier molecular flexibility index (Phi) is 5.73. The van der Waals surface area contributed by atoms with Crippen molar-refractivity contribution in [1.29, 1.82) is 0 Å². The van der Waals surface area contributed by atoms with Gasteiger partial charge in [0, 0.05) is 33.3 Å². The predicted octanol–water partition coefficient (Wildman–Crippen LogP) is 1.51. The largest absolute Gasteiger partial charge is 0.450 e. The first kappa shape index (κ1) is 16.7. The molecule has 7 nitrogen and oxygen atoms in total. The van der Waals surface area contributed by atoms with Crippen LogP contribution in [-0.4, -0.2) is 66.7 Å². The van der Waals surface area contributed by atoms with E-state index in [9.17, 15) is 9.59 Å². The van der Waals surface area contributed by atoms with E-state index in [1.165, 1.54) is 11.3 Å². The van der Waals surface area contributed by atoms with Gasteiger partial charge in [0.25, 0.3) is 5.91 Å². The van der Waals surface area contributed by atoms with Crippen LogP contribution in [0.2, 0.25) is 0 Å². The highest BCUT2D eigenvalue weighted by molar-refractivity contribution is 7.13. The molecule has 0 aromatic carbocycles.